The van der Waals surface area contributed by atoms with Gasteiger partial charge in [-0.1, -0.05) is 18.2 Å². The summed E-state index contributed by atoms with van der Waals surface area (Å²) in [6, 6.07) is 14.1. The monoisotopic (exact) mass is 296 g/mol. The number of nitrogens with zero attached hydrogens (tertiary/aromatic N) is 1. The van der Waals surface area contributed by atoms with Gasteiger partial charge in [0, 0.05) is 6.92 Å². The molecule has 2 rings (SSSR count). The lowest BCUT2D eigenvalue weighted by Crippen LogP contribution is -2.12. The summed E-state index contributed by atoms with van der Waals surface area (Å²) in [5, 5.41) is 3.76. The maximum Gasteiger partial charge on any atom is 0.343 e. The number of aryl methyl sites for hydroxylation is 1. The first-order chi connectivity index (χ1) is 10.6. The second-order valence-electron chi connectivity index (χ2n) is 4.70. The number of hydrazone groups is 1. The van der Waals surface area contributed by atoms with E-state index >= 15 is 0 Å². The number of carbonyl (C=O) groups is 2. The quantitative estimate of drug-likeness (QED) is 0.408. The van der Waals surface area contributed by atoms with Crippen LogP contribution in [-0.4, -0.2) is 18.1 Å². The Labute approximate surface area is 128 Å². The minimum Gasteiger partial charge on any atom is -0.423 e. The number of amides is 1. The first-order valence-electron chi connectivity index (χ1n) is 6.74. The molecule has 5 nitrogen and oxygen atoms in total. The molecule has 22 heavy (non-hydrogen) atoms. The third-order valence-corrected chi connectivity index (χ3v) is 2.89. The van der Waals surface area contributed by atoms with E-state index in [2.05, 4.69) is 10.5 Å². The van der Waals surface area contributed by atoms with Gasteiger partial charge in [0.1, 0.15) is 5.75 Å². The first kappa shape index (κ1) is 15.4. The van der Waals surface area contributed by atoms with Crippen molar-refractivity contribution in [2.45, 2.75) is 13.8 Å². The van der Waals surface area contributed by atoms with Crippen molar-refractivity contribution in [1.82, 2.24) is 5.43 Å². The Kier molecular flexibility index (Phi) is 5.03. The molecule has 2 aromatic carbocycles. The SMILES string of the molecule is CC(=O)N/N=C\c1ccc(OC(=O)c2ccccc2C)cc1. The summed E-state index contributed by atoms with van der Waals surface area (Å²) in [4.78, 5) is 22.8. The molecule has 0 bridgehead atoms. The van der Waals surface area contributed by atoms with E-state index in [9.17, 15) is 9.59 Å². The van der Waals surface area contributed by atoms with Gasteiger partial charge in [-0.05, 0) is 48.4 Å². The summed E-state index contributed by atoms with van der Waals surface area (Å²) in [5.41, 5.74) is 4.50. The third kappa shape index (κ3) is 4.28. The first-order valence-corrected chi connectivity index (χ1v) is 6.74. The summed E-state index contributed by atoms with van der Waals surface area (Å²) in [5.74, 6) is -0.178. The Hall–Kier alpha value is -2.95. The molecule has 0 saturated heterocycles. The van der Waals surface area contributed by atoms with Crippen LogP contribution in [0.2, 0.25) is 0 Å². The van der Waals surface area contributed by atoms with Gasteiger partial charge in [-0.25, -0.2) is 10.2 Å². The molecule has 0 aliphatic rings. The number of hydrogen-bond acceptors (Lipinski definition) is 4. The molecule has 0 saturated carbocycles. The molecule has 0 atom stereocenters. The standard InChI is InChI=1S/C17H16N2O3/c1-12-5-3-4-6-16(12)17(21)22-15-9-7-14(8-10-15)11-18-19-13(2)20/h3-11H,1-2H3,(H,19,20)/b18-11-. The van der Waals surface area contributed by atoms with E-state index in [1.807, 2.05) is 19.1 Å². The fourth-order valence-corrected chi connectivity index (χ4v) is 1.78. The van der Waals surface area contributed by atoms with Crippen molar-refractivity contribution in [3.63, 3.8) is 0 Å². The predicted molar refractivity (Wildman–Crippen MR) is 84.0 cm³/mol. The van der Waals surface area contributed by atoms with E-state index in [-0.39, 0.29) is 5.91 Å². The van der Waals surface area contributed by atoms with E-state index in [1.165, 1.54) is 13.1 Å². The van der Waals surface area contributed by atoms with E-state index in [0.29, 0.717) is 11.3 Å². The third-order valence-electron chi connectivity index (χ3n) is 2.89. The molecule has 0 aliphatic heterocycles. The summed E-state index contributed by atoms with van der Waals surface area (Å²) >= 11 is 0. The van der Waals surface area contributed by atoms with Crippen LogP contribution in [0.3, 0.4) is 0 Å². The zero-order chi connectivity index (χ0) is 15.9. The summed E-state index contributed by atoms with van der Waals surface area (Å²) in [6.07, 6.45) is 1.51. The number of nitrogens with one attached hydrogen (secondary N) is 1. The average molecular weight is 296 g/mol. The maximum absolute atomic E-state index is 12.1. The maximum atomic E-state index is 12.1. The number of esters is 1. The Morgan fingerprint density at radius 3 is 2.41 bits per heavy atom. The van der Waals surface area contributed by atoms with Gasteiger partial charge < -0.3 is 4.74 Å². The molecule has 0 radical (unpaired) electrons. The zero-order valence-corrected chi connectivity index (χ0v) is 12.4. The van der Waals surface area contributed by atoms with Crippen LogP contribution in [0.15, 0.2) is 53.6 Å². The highest BCUT2D eigenvalue weighted by atomic mass is 16.5. The van der Waals surface area contributed by atoms with Crippen molar-refractivity contribution in [3.05, 3.63) is 65.2 Å². The van der Waals surface area contributed by atoms with Crippen molar-refractivity contribution in [3.8, 4) is 5.75 Å². The molecule has 2 aromatic rings. The number of rotatable bonds is 4. The van der Waals surface area contributed by atoms with Gasteiger partial charge in [-0.3, -0.25) is 4.79 Å². The van der Waals surface area contributed by atoms with Gasteiger partial charge in [0.15, 0.2) is 0 Å². The van der Waals surface area contributed by atoms with E-state index in [0.717, 1.165) is 11.1 Å². The van der Waals surface area contributed by atoms with E-state index in [4.69, 9.17) is 4.74 Å². The van der Waals surface area contributed by atoms with E-state index < -0.39 is 5.97 Å². The van der Waals surface area contributed by atoms with Crippen LogP contribution < -0.4 is 10.2 Å². The van der Waals surface area contributed by atoms with Crippen LogP contribution in [0, 0.1) is 6.92 Å². The van der Waals surface area contributed by atoms with Gasteiger partial charge in [-0.15, -0.1) is 0 Å². The molecule has 0 fully saturated rings. The molecule has 0 unspecified atom stereocenters. The van der Waals surface area contributed by atoms with E-state index in [1.54, 1.807) is 36.4 Å². The lowest BCUT2D eigenvalue weighted by Gasteiger charge is -2.06. The van der Waals surface area contributed by atoms with Crippen molar-refractivity contribution < 1.29 is 14.3 Å². The second-order valence-corrected chi connectivity index (χ2v) is 4.70. The van der Waals surface area contributed by atoms with Crippen molar-refractivity contribution in [2.75, 3.05) is 0 Å². The van der Waals surface area contributed by atoms with Crippen molar-refractivity contribution in [2.24, 2.45) is 5.10 Å². The Morgan fingerprint density at radius 2 is 1.77 bits per heavy atom. The van der Waals surface area contributed by atoms with Crippen LogP contribution >= 0.6 is 0 Å². The van der Waals surface area contributed by atoms with Gasteiger partial charge in [-0.2, -0.15) is 5.10 Å². The molecule has 5 heteroatoms. The summed E-state index contributed by atoms with van der Waals surface area (Å²) in [6.45, 7) is 3.24. The Bertz CT molecular complexity index is 706. The van der Waals surface area contributed by atoms with Crippen LogP contribution in [0.5, 0.6) is 5.75 Å². The molecule has 0 spiro atoms. The molecule has 0 heterocycles. The second kappa shape index (κ2) is 7.17. The van der Waals surface area contributed by atoms with Gasteiger partial charge in [0.2, 0.25) is 5.91 Å². The smallest absolute Gasteiger partial charge is 0.343 e. The fraction of sp³-hybridized carbons (Fsp3) is 0.118. The van der Waals surface area contributed by atoms with Crippen molar-refractivity contribution >= 4 is 18.1 Å². The molecule has 1 N–H and O–H groups in total. The van der Waals surface area contributed by atoms with Crippen LogP contribution in [0.25, 0.3) is 0 Å². The van der Waals surface area contributed by atoms with Crippen LogP contribution in [0.1, 0.15) is 28.4 Å². The lowest BCUT2D eigenvalue weighted by molar-refractivity contribution is -0.118. The van der Waals surface area contributed by atoms with Crippen molar-refractivity contribution in [1.29, 1.82) is 0 Å². The number of hydrogen-bond donors (Lipinski definition) is 1. The molecule has 0 aliphatic carbocycles. The molecule has 1 amide bonds. The Balaban J connectivity index is 2.02. The lowest BCUT2D eigenvalue weighted by atomic mass is 10.1. The minimum atomic E-state index is -0.391. The molecular weight excluding hydrogens is 280 g/mol. The van der Waals surface area contributed by atoms with Gasteiger partial charge in [0.25, 0.3) is 0 Å². The normalized spacial score (nSPS) is 10.5. The van der Waals surface area contributed by atoms with Gasteiger partial charge >= 0.3 is 5.97 Å². The highest BCUT2D eigenvalue weighted by Gasteiger charge is 2.10. The van der Waals surface area contributed by atoms with Crippen LogP contribution in [0.4, 0.5) is 0 Å². The fourth-order valence-electron chi connectivity index (χ4n) is 1.78. The Morgan fingerprint density at radius 1 is 1.09 bits per heavy atom. The zero-order valence-electron chi connectivity index (χ0n) is 12.4. The number of benzene rings is 2. The summed E-state index contributed by atoms with van der Waals surface area (Å²) < 4.78 is 5.33. The minimum absolute atomic E-state index is 0.236. The molecule has 0 aromatic heterocycles. The summed E-state index contributed by atoms with van der Waals surface area (Å²) in [7, 11) is 0. The molecule has 112 valence electrons. The largest absolute Gasteiger partial charge is 0.423 e. The topological polar surface area (TPSA) is 67.8 Å². The predicted octanol–water partition coefficient (Wildman–Crippen LogP) is 2.68. The molecular formula is C17H16N2O3. The number of carbonyl (C=O) groups excluding carboxylic acids is 2. The number of ether oxygens (including phenoxy) is 1. The highest BCUT2D eigenvalue weighted by Crippen LogP contribution is 2.15. The van der Waals surface area contributed by atoms with Crippen LogP contribution in [-0.2, 0) is 4.79 Å². The highest BCUT2D eigenvalue weighted by molar-refractivity contribution is 5.92. The average Bonchev–Trinajstić information content (AvgIpc) is 2.49. The van der Waals surface area contributed by atoms with Gasteiger partial charge in [0.05, 0.1) is 11.8 Å².